The second-order valence-electron chi connectivity index (χ2n) is 5.08. The summed E-state index contributed by atoms with van der Waals surface area (Å²) in [6.45, 7) is 2.00. The van der Waals surface area contributed by atoms with Crippen LogP contribution < -0.4 is 0 Å². The fourth-order valence-corrected chi connectivity index (χ4v) is 2.37. The number of nitrogens with zero attached hydrogens (tertiary/aromatic N) is 4. The third-order valence-corrected chi connectivity index (χ3v) is 3.64. The van der Waals surface area contributed by atoms with E-state index in [0.717, 1.165) is 11.1 Å². The number of benzene rings is 2. The quantitative estimate of drug-likeness (QED) is 0.517. The zero-order chi connectivity index (χ0) is 17.6. The van der Waals surface area contributed by atoms with Gasteiger partial charge in [-0.15, -0.1) is 5.10 Å². The Kier molecular flexibility index (Phi) is 5.20. The van der Waals surface area contributed by atoms with E-state index in [-0.39, 0.29) is 12.3 Å². The van der Waals surface area contributed by atoms with E-state index in [9.17, 15) is 4.79 Å². The normalized spacial score (nSPS) is 11.4. The fraction of sp³-hybridized carbons (Fsp3) is 0.111. The number of carbonyl (C=O) groups is 1. The molecule has 0 atom stereocenters. The Morgan fingerprint density at radius 1 is 1.16 bits per heavy atom. The Balaban J connectivity index is 2.09. The van der Waals surface area contributed by atoms with E-state index in [1.165, 1.54) is 4.68 Å². The predicted molar refractivity (Wildman–Crippen MR) is 95.5 cm³/mol. The number of carbonyl (C=O) groups excluding carboxylic acids is 1. The van der Waals surface area contributed by atoms with Gasteiger partial charge in [-0.3, -0.25) is 0 Å². The van der Waals surface area contributed by atoms with E-state index in [0.29, 0.717) is 10.8 Å². The second kappa shape index (κ2) is 7.72. The highest BCUT2D eigenvalue weighted by molar-refractivity contribution is 6.30. The van der Waals surface area contributed by atoms with Crippen molar-refractivity contribution in [3.63, 3.8) is 0 Å². The van der Waals surface area contributed by atoms with Gasteiger partial charge in [0.25, 0.3) is 0 Å². The summed E-state index contributed by atoms with van der Waals surface area (Å²) < 4.78 is 6.54. The molecule has 3 aromatic rings. The molecule has 6 nitrogen and oxygen atoms in total. The van der Waals surface area contributed by atoms with Crippen LogP contribution in [-0.4, -0.2) is 32.8 Å². The molecule has 0 radical (unpaired) electrons. The van der Waals surface area contributed by atoms with Gasteiger partial charge in [-0.2, -0.15) is 4.68 Å². The first-order valence-corrected chi connectivity index (χ1v) is 8.05. The first-order valence-electron chi connectivity index (χ1n) is 7.67. The topological polar surface area (TPSA) is 69.9 Å². The minimum Gasteiger partial charge on any atom is -0.461 e. The minimum atomic E-state index is -0.512. The maximum Gasteiger partial charge on any atom is 0.357 e. The van der Waals surface area contributed by atoms with Gasteiger partial charge in [0.2, 0.25) is 0 Å². The first kappa shape index (κ1) is 16.9. The largest absolute Gasteiger partial charge is 0.461 e. The van der Waals surface area contributed by atoms with Gasteiger partial charge >= 0.3 is 5.97 Å². The summed E-state index contributed by atoms with van der Waals surface area (Å²) >= 11 is 5.92. The monoisotopic (exact) mass is 354 g/mol. The molecule has 0 aliphatic heterocycles. The molecule has 0 N–H and O–H groups in total. The van der Waals surface area contributed by atoms with E-state index >= 15 is 0 Å². The SMILES string of the molecule is CCOC(=O)/C(=C/c1ccc(Cl)cc1)n1nnnc1-c1ccccc1. The maximum absolute atomic E-state index is 12.5. The van der Waals surface area contributed by atoms with Crippen LogP contribution in [0.5, 0.6) is 0 Å². The highest BCUT2D eigenvalue weighted by Crippen LogP contribution is 2.21. The highest BCUT2D eigenvalue weighted by atomic mass is 35.5. The van der Waals surface area contributed by atoms with Crippen molar-refractivity contribution in [2.75, 3.05) is 6.61 Å². The molecule has 25 heavy (non-hydrogen) atoms. The van der Waals surface area contributed by atoms with Crippen molar-refractivity contribution >= 4 is 29.3 Å². The van der Waals surface area contributed by atoms with Crippen molar-refractivity contribution in [1.82, 2.24) is 20.2 Å². The Morgan fingerprint density at radius 2 is 1.88 bits per heavy atom. The molecular formula is C18H15ClN4O2. The third-order valence-electron chi connectivity index (χ3n) is 3.39. The smallest absolute Gasteiger partial charge is 0.357 e. The number of hydrogen-bond acceptors (Lipinski definition) is 5. The number of halogens is 1. The van der Waals surface area contributed by atoms with Crippen LogP contribution in [0.15, 0.2) is 54.6 Å². The zero-order valence-electron chi connectivity index (χ0n) is 13.5. The lowest BCUT2D eigenvalue weighted by Gasteiger charge is -2.09. The molecule has 0 saturated carbocycles. The molecule has 0 aliphatic rings. The lowest BCUT2D eigenvalue weighted by Crippen LogP contribution is -2.14. The average Bonchev–Trinajstić information content (AvgIpc) is 3.11. The van der Waals surface area contributed by atoms with E-state index < -0.39 is 5.97 Å². The van der Waals surface area contributed by atoms with Crippen LogP contribution in [0, 0.1) is 0 Å². The van der Waals surface area contributed by atoms with Crippen molar-refractivity contribution in [1.29, 1.82) is 0 Å². The summed E-state index contributed by atoms with van der Waals surface area (Å²) in [4.78, 5) is 12.5. The van der Waals surface area contributed by atoms with Crippen molar-refractivity contribution in [3.8, 4) is 11.4 Å². The molecule has 1 heterocycles. The first-order chi connectivity index (χ1) is 12.2. The molecule has 0 aliphatic carbocycles. The van der Waals surface area contributed by atoms with Crippen LogP contribution in [0.4, 0.5) is 0 Å². The van der Waals surface area contributed by atoms with Gasteiger partial charge in [0.15, 0.2) is 11.5 Å². The van der Waals surface area contributed by atoms with Gasteiger partial charge in [-0.05, 0) is 41.1 Å². The summed E-state index contributed by atoms with van der Waals surface area (Å²) in [5.41, 5.74) is 1.79. The molecule has 7 heteroatoms. The van der Waals surface area contributed by atoms with Gasteiger partial charge in [0, 0.05) is 10.6 Å². The molecule has 2 aromatic carbocycles. The minimum absolute atomic E-state index is 0.216. The van der Waals surface area contributed by atoms with Crippen LogP contribution in [0.2, 0.25) is 5.02 Å². The van der Waals surface area contributed by atoms with Crippen LogP contribution in [0.25, 0.3) is 23.2 Å². The summed E-state index contributed by atoms with van der Waals surface area (Å²) in [6.07, 6.45) is 1.66. The molecule has 0 fully saturated rings. The Morgan fingerprint density at radius 3 is 2.56 bits per heavy atom. The molecule has 0 unspecified atom stereocenters. The lowest BCUT2D eigenvalue weighted by molar-refractivity contribution is -0.136. The van der Waals surface area contributed by atoms with Gasteiger partial charge in [-0.25, -0.2) is 4.79 Å². The molecule has 0 amide bonds. The van der Waals surface area contributed by atoms with E-state index in [2.05, 4.69) is 15.5 Å². The molecule has 0 saturated heterocycles. The summed E-state index contributed by atoms with van der Waals surface area (Å²) in [6, 6.07) is 16.5. The molecule has 3 rings (SSSR count). The van der Waals surface area contributed by atoms with Crippen LogP contribution >= 0.6 is 11.6 Å². The van der Waals surface area contributed by atoms with E-state index in [1.807, 2.05) is 30.3 Å². The Bertz CT molecular complexity index is 889. The average molecular weight is 355 g/mol. The summed E-state index contributed by atoms with van der Waals surface area (Å²) in [5, 5.41) is 12.3. The molecule has 0 bridgehead atoms. The number of hydrogen-bond donors (Lipinski definition) is 0. The van der Waals surface area contributed by atoms with Crippen LogP contribution in [0.3, 0.4) is 0 Å². The number of ether oxygens (including phenoxy) is 1. The van der Waals surface area contributed by atoms with Gasteiger partial charge < -0.3 is 4.74 Å². The fourth-order valence-electron chi connectivity index (χ4n) is 2.25. The Hall–Kier alpha value is -2.99. The predicted octanol–water partition coefficient (Wildman–Crippen LogP) is 3.55. The van der Waals surface area contributed by atoms with Gasteiger partial charge in [0.05, 0.1) is 6.61 Å². The number of aromatic nitrogens is 4. The van der Waals surface area contributed by atoms with E-state index in [4.69, 9.17) is 16.3 Å². The van der Waals surface area contributed by atoms with Gasteiger partial charge in [0.1, 0.15) is 0 Å². The van der Waals surface area contributed by atoms with Crippen molar-refractivity contribution in [2.45, 2.75) is 6.92 Å². The molecule has 0 spiro atoms. The van der Waals surface area contributed by atoms with Crippen LogP contribution in [-0.2, 0) is 9.53 Å². The number of tetrazole rings is 1. The van der Waals surface area contributed by atoms with Gasteiger partial charge in [-0.1, -0.05) is 54.1 Å². The number of rotatable bonds is 5. The number of esters is 1. The van der Waals surface area contributed by atoms with Crippen LogP contribution in [0.1, 0.15) is 12.5 Å². The van der Waals surface area contributed by atoms with E-state index in [1.54, 1.807) is 37.3 Å². The summed E-state index contributed by atoms with van der Waals surface area (Å²) in [5.74, 6) is -0.0594. The van der Waals surface area contributed by atoms with Crippen molar-refractivity contribution in [3.05, 3.63) is 65.2 Å². The molecular weight excluding hydrogens is 340 g/mol. The Labute approximate surface area is 149 Å². The molecule has 1 aromatic heterocycles. The second-order valence-corrected chi connectivity index (χ2v) is 5.52. The maximum atomic E-state index is 12.5. The lowest BCUT2D eigenvalue weighted by atomic mass is 10.2. The zero-order valence-corrected chi connectivity index (χ0v) is 14.2. The van der Waals surface area contributed by atoms with Crippen molar-refractivity contribution in [2.24, 2.45) is 0 Å². The molecule has 126 valence electrons. The highest BCUT2D eigenvalue weighted by Gasteiger charge is 2.20. The summed E-state index contributed by atoms with van der Waals surface area (Å²) in [7, 11) is 0. The third kappa shape index (κ3) is 3.92. The van der Waals surface area contributed by atoms with Crippen molar-refractivity contribution < 1.29 is 9.53 Å². The standard InChI is InChI=1S/C18H15ClN4O2/c1-2-25-18(24)16(12-13-8-10-15(19)11-9-13)23-17(20-21-22-23)14-6-4-3-5-7-14/h3-12H,2H2,1H3/b16-12-.